The third-order valence-electron chi connectivity index (χ3n) is 6.13. The Balaban J connectivity index is 1.36. The Morgan fingerprint density at radius 2 is 1.72 bits per heavy atom. The molecule has 6 rings (SSSR count). The molecule has 1 heterocycles. The summed E-state index contributed by atoms with van der Waals surface area (Å²) in [5, 5.41) is 7.43. The summed E-state index contributed by atoms with van der Waals surface area (Å²) in [6.07, 6.45) is 0. The molecule has 6 aromatic rings. The van der Waals surface area contributed by atoms with Gasteiger partial charge in [-0.05, 0) is 68.5 Å². The Morgan fingerprint density at radius 3 is 2.58 bits per heavy atom. The smallest absolute Gasteiger partial charge is 0.259 e. The van der Waals surface area contributed by atoms with Crippen LogP contribution in [0.5, 0.6) is 5.75 Å². The van der Waals surface area contributed by atoms with Crippen LogP contribution >= 0.6 is 27.5 Å². The van der Waals surface area contributed by atoms with Gasteiger partial charge in [-0.15, -0.1) is 0 Å². The molecule has 0 aliphatic heterocycles. The second kappa shape index (κ2) is 8.97. The van der Waals surface area contributed by atoms with Crippen molar-refractivity contribution in [2.24, 2.45) is 0 Å². The van der Waals surface area contributed by atoms with Gasteiger partial charge in [-0.1, -0.05) is 60.1 Å². The van der Waals surface area contributed by atoms with Gasteiger partial charge in [-0.25, -0.2) is 4.98 Å². The third-order valence-corrected chi connectivity index (χ3v) is 7.25. The summed E-state index contributed by atoms with van der Waals surface area (Å²) in [6.45, 7) is 0. The zero-order valence-electron chi connectivity index (χ0n) is 19.0. The van der Waals surface area contributed by atoms with E-state index in [2.05, 4.69) is 21.2 Å². The maximum atomic E-state index is 13.3. The quantitative estimate of drug-likeness (QED) is 0.236. The number of carbonyl (C=O) groups is 1. The van der Waals surface area contributed by atoms with E-state index in [4.69, 9.17) is 25.7 Å². The van der Waals surface area contributed by atoms with Crippen molar-refractivity contribution in [3.05, 3.63) is 100.0 Å². The standard InChI is InChI=1S/C29H18BrClN2O3/c1-35-27-22(14-16-6-2-3-7-18(16)26(27)30)28(34)32-17-12-13-25-24(15-17)33-29(36-25)21-10-4-9-20-19(21)8-5-11-23(20)31/h2-15H,1H3,(H,32,34). The molecule has 0 saturated carbocycles. The van der Waals surface area contributed by atoms with Crippen molar-refractivity contribution >= 4 is 71.8 Å². The lowest BCUT2D eigenvalue weighted by Gasteiger charge is -2.13. The molecule has 0 bridgehead atoms. The van der Waals surface area contributed by atoms with Gasteiger partial charge in [0.15, 0.2) is 5.58 Å². The number of aromatic nitrogens is 1. The van der Waals surface area contributed by atoms with E-state index in [9.17, 15) is 4.79 Å². The van der Waals surface area contributed by atoms with Crippen LogP contribution in [0.25, 0.3) is 44.1 Å². The number of carbonyl (C=O) groups excluding carboxylic acids is 1. The highest BCUT2D eigenvalue weighted by molar-refractivity contribution is 9.10. The van der Waals surface area contributed by atoms with Crippen molar-refractivity contribution in [2.45, 2.75) is 0 Å². The Bertz CT molecular complexity index is 1810. The number of anilines is 1. The second-order valence-electron chi connectivity index (χ2n) is 8.29. The van der Waals surface area contributed by atoms with Gasteiger partial charge in [0.25, 0.3) is 5.91 Å². The predicted molar refractivity (Wildman–Crippen MR) is 148 cm³/mol. The number of fused-ring (bicyclic) bond motifs is 3. The average Bonchev–Trinajstić information content (AvgIpc) is 3.32. The fraction of sp³-hybridized carbons (Fsp3) is 0.0345. The van der Waals surface area contributed by atoms with Crippen molar-refractivity contribution in [1.82, 2.24) is 4.98 Å². The molecule has 1 amide bonds. The zero-order valence-corrected chi connectivity index (χ0v) is 21.4. The Labute approximate surface area is 219 Å². The van der Waals surface area contributed by atoms with Crippen LogP contribution in [0, 0.1) is 0 Å². The van der Waals surface area contributed by atoms with E-state index in [1.54, 1.807) is 25.3 Å². The van der Waals surface area contributed by atoms with E-state index in [0.29, 0.717) is 39.0 Å². The Kier molecular flexibility index (Phi) is 5.63. The highest BCUT2D eigenvalue weighted by Crippen LogP contribution is 2.37. The van der Waals surface area contributed by atoms with E-state index in [1.807, 2.05) is 66.7 Å². The highest BCUT2D eigenvalue weighted by Gasteiger charge is 2.19. The summed E-state index contributed by atoms with van der Waals surface area (Å²) in [4.78, 5) is 18.0. The molecule has 0 unspecified atom stereocenters. The molecule has 0 radical (unpaired) electrons. The first-order valence-electron chi connectivity index (χ1n) is 11.2. The maximum Gasteiger partial charge on any atom is 0.259 e. The first-order valence-corrected chi connectivity index (χ1v) is 12.4. The molecule has 1 N–H and O–H groups in total. The number of methoxy groups -OCH3 is 1. The van der Waals surface area contributed by atoms with Gasteiger partial charge in [0.2, 0.25) is 5.89 Å². The van der Waals surface area contributed by atoms with Crippen molar-refractivity contribution in [2.75, 3.05) is 12.4 Å². The SMILES string of the molecule is COc1c(C(=O)Nc2ccc3oc(-c4cccc5c(Cl)cccc45)nc3c2)cc2ccccc2c1Br. The third kappa shape index (κ3) is 3.79. The van der Waals surface area contributed by atoms with Crippen LogP contribution in [0.2, 0.25) is 5.02 Å². The normalized spacial score (nSPS) is 11.3. The van der Waals surface area contributed by atoms with Crippen LogP contribution in [0.1, 0.15) is 10.4 Å². The molecule has 0 saturated heterocycles. The monoisotopic (exact) mass is 556 g/mol. The van der Waals surface area contributed by atoms with Crippen molar-refractivity contribution < 1.29 is 13.9 Å². The first kappa shape index (κ1) is 22.6. The van der Waals surface area contributed by atoms with Crippen LogP contribution in [-0.4, -0.2) is 18.0 Å². The van der Waals surface area contributed by atoms with E-state index < -0.39 is 0 Å². The molecule has 5 nitrogen and oxygen atoms in total. The van der Waals surface area contributed by atoms with Gasteiger partial charge in [0.1, 0.15) is 11.3 Å². The van der Waals surface area contributed by atoms with Crippen molar-refractivity contribution in [3.8, 4) is 17.2 Å². The summed E-state index contributed by atoms with van der Waals surface area (Å²) in [5.74, 6) is 0.678. The molecular weight excluding hydrogens is 540 g/mol. The summed E-state index contributed by atoms with van der Waals surface area (Å²) in [6, 6.07) is 26.6. The summed E-state index contributed by atoms with van der Waals surface area (Å²) in [5.41, 5.74) is 3.13. The molecule has 0 fully saturated rings. The minimum atomic E-state index is -0.287. The molecule has 5 aromatic carbocycles. The topological polar surface area (TPSA) is 64.4 Å². The fourth-order valence-corrected chi connectivity index (χ4v) is 5.40. The van der Waals surface area contributed by atoms with Gasteiger partial charge in [0, 0.05) is 21.7 Å². The maximum absolute atomic E-state index is 13.3. The molecule has 36 heavy (non-hydrogen) atoms. The fourth-order valence-electron chi connectivity index (χ4n) is 4.43. The first-order chi connectivity index (χ1) is 17.5. The number of benzene rings is 5. The average molecular weight is 558 g/mol. The predicted octanol–water partition coefficient (Wildman–Crippen LogP) is 8.48. The largest absolute Gasteiger partial charge is 0.495 e. The van der Waals surface area contributed by atoms with E-state index in [1.165, 1.54) is 0 Å². The second-order valence-corrected chi connectivity index (χ2v) is 9.49. The number of amides is 1. The number of ether oxygens (including phenoxy) is 1. The van der Waals surface area contributed by atoms with Crippen molar-refractivity contribution in [3.63, 3.8) is 0 Å². The molecule has 0 aliphatic carbocycles. The molecule has 7 heteroatoms. The molecule has 0 aliphatic rings. The minimum Gasteiger partial charge on any atom is -0.495 e. The number of oxazole rings is 1. The summed E-state index contributed by atoms with van der Waals surface area (Å²) in [7, 11) is 1.55. The number of nitrogens with one attached hydrogen (secondary N) is 1. The number of halogens is 2. The lowest BCUT2D eigenvalue weighted by Crippen LogP contribution is -2.13. The number of hydrogen-bond acceptors (Lipinski definition) is 4. The number of hydrogen-bond donors (Lipinski definition) is 1. The van der Waals surface area contributed by atoms with Gasteiger partial charge < -0.3 is 14.5 Å². The summed E-state index contributed by atoms with van der Waals surface area (Å²) >= 11 is 9.97. The van der Waals surface area contributed by atoms with Crippen LogP contribution in [-0.2, 0) is 0 Å². The van der Waals surface area contributed by atoms with Crippen LogP contribution < -0.4 is 10.1 Å². The number of rotatable bonds is 4. The van der Waals surface area contributed by atoms with Gasteiger partial charge in [-0.2, -0.15) is 0 Å². The van der Waals surface area contributed by atoms with E-state index in [0.717, 1.165) is 31.6 Å². The van der Waals surface area contributed by atoms with Gasteiger partial charge in [0.05, 0.1) is 17.1 Å². The molecular formula is C29H18BrClN2O3. The molecule has 0 spiro atoms. The molecule has 0 atom stereocenters. The van der Waals surface area contributed by atoms with Gasteiger partial charge in [-0.3, -0.25) is 4.79 Å². The Hall–Kier alpha value is -3.87. The molecule has 176 valence electrons. The van der Waals surface area contributed by atoms with Crippen LogP contribution in [0.3, 0.4) is 0 Å². The van der Waals surface area contributed by atoms with Crippen LogP contribution in [0.15, 0.2) is 93.8 Å². The van der Waals surface area contributed by atoms with Gasteiger partial charge >= 0.3 is 0 Å². The van der Waals surface area contributed by atoms with Crippen LogP contribution in [0.4, 0.5) is 5.69 Å². The Morgan fingerprint density at radius 1 is 0.944 bits per heavy atom. The van der Waals surface area contributed by atoms with E-state index in [-0.39, 0.29) is 5.91 Å². The zero-order chi connectivity index (χ0) is 24.8. The summed E-state index contributed by atoms with van der Waals surface area (Å²) < 4.78 is 12.4. The highest BCUT2D eigenvalue weighted by atomic mass is 79.9. The number of nitrogens with zero attached hydrogens (tertiary/aromatic N) is 1. The van der Waals surface area contributed by atoms with E-state index >= 15 is 0 Å². The lowest BCUT2D eigenvalue weighted by atomic mass is 10.0. The minimum absolute atomic E-state index is 0.287. The lowest BCUT2D eigenvalue weighted by molar-refractivity contribution is 0.102. The molecule has 1 aromatic heterocycles. The van der Waals surface area contributed by atoms with Crippen molar-refractivity contribution in [1.29, 1.82) is 0 Å².